The lowest BCUT2D eigenvalue weighted by Crippen LogP contribution is -2.46. The highest BCUT2D eigenvalue weighted by Crippen LogP contribution is 2.37. The van der Waals surface area contributed by atoms with Crippen LogP contribution in [-0.4, -0.2) is 21.5 Å². The van der Waals surface area contributed by atoms with Gasteiger partial charge in [0.15, 0.2) is 11.0 Å². The Morgan fingerprint density at radius 3 is 2.14 bits per heavy atom. The van der Waals surface area contributed by atoms with Crippen LogP contribution >= 0.6 is 0 Å². The van der Waals surface area contributed by atoms with Crippen LogP contribution in [0.15, 0.2) is 0 Å². The van der Waals surface area contributed by atoms with E-state index in [0.29, 0.717) is 21.9 Å². The summed E-state index contributed by atoms with van der Waals surface area (Å²) in [5, 5.41) is 2.17. The molecule has 0 amide bonds. The van der Waals surface area contributed by atoms with Crippen LogP contribution in [0.4, 0.5) is 0 Å². The standard InChI is InChI=1S/C19H35OS/c1-3-10-16(11-4-2)21(17-12-6-5-7-13-17)19-15-9-8-14-18(19)20/h16-17,19H,3-15H2,1-2H3/q+1. The van der Waals surface area contributed by atoms with Crippen LogP contribution in [0.25, 0.3) is 0 Å². The summed E-state index contributed by atoms with van der Waals surface area (Å²) < 4.78 is 0. The molecule has 0 saturated heterocycles. The first kappa shape index (κ1) is 17.4. The highest BCUT2D eigenvalue weighted by molar-refractivity contribution is 7.99. The Balaban J connectivity index is 2.16. The van der Waals surface area contributed by atoms with Gasteiger partial charge in [0.2, 0.25) is 0 Å². The second-order valence-electron chi connectivity index (χ2n) is 7.07. The van der Waals surface area contributed by atoms with Crippen molar-refractivity contribution in [1.29, 1.82) is 0 Å². The Bertz CT molecular complexity index is 303. The zero-order valence-corrected chi connectivity index (χ0v) is 15.1. The third-order valence-electron chi connectivity index (χ3n) is 5.37. The molecule has 0 spiro atoms. The lowest BCUT2D eigenvalue weighted by atomic mass is 9.98. The summed E-state index contributed by atoms with van der Waals surface area (Å²) in [6.45, 7) is 4.65. The molecule has 2 atom stereocenters. The molecule has 0 aromatic carbocycles. The molecule has 2 aliphatic carbocycles. The predicted octanol–water partition coefficient (Wildman–Crippen LogP) is 5.42. The maximum Gasteiger partial charge on any atom is 0.184 e. The fourth-order valence-electron chi connectivity index (χ4n) is 4.37. The van der Waals surface area contributed by atoms with Crippen LogP contribution < -0.4 is 0 Å². The van der Waals surface area contributed by atoms with E-state index >= 15 is 0 Å². The van der Waals surface area contributed by atoms with Crippen LogP contribution in [0.5, 0.6) is 0 Å². The van der Waals surface area contributed by atoms with Crippen molar-refractivity contribution >= 4 is 16.7 Å². The van der Waals surface area contributed by atoms with Crippen LogP contribution in [0.3, 0.4) is 0 Å². The van der Waals surface area contributed by atoms with Crippen molar-refractivity contribution in [3.63, 3.8) is 0 Å². The van der Waals surface area contributed by atoms with Gasteiger partial charge in [-0.1, -0.05) is 33.1 Å². The Kier molecular flexibility index (Phi) is 7.63. The number of hydrogen-bond acceptors (Lipinski definition) is 1. The average Bonchev–Trinajstić information content (AvgIpc) is 2.51. The van der Waals surface area contributed by atoms with E-state index in [-0.39, 0.29) is 0 Å². The van der Waals surface area contributed by atoms with E-state index in [1.54, 1.807) is 0 Å². The van der Waals surface area contributed by atoms with Gasteiger partial charge in [0, 0.05) is 23.7 Å². The maximum absolute atomic E-state index is 12.6. The van der Waals surface area contributed by atoms with Gasteiger partial charge in [0.1, 0.15) is 10.5 Å². The second-order valence-corrected chi connectivity index (χ2v) is 9.79. The van der Waals surface area contributed by atoms with Gasteiger partial charge in [-0.15, -0.1) is 0 Å². The highest BCUT2D eigenvalue weighted by Gasteiger charge is 2.47. The van der Waals surface area contributed by atoms with Gasteiger partial charge in [-0.3, -0.25) is 4.79 Å². The fourth-order valence-corrected chi connectivity index (χ4v) is 8.60. The fraction of sp³-hybridized carbons (Fsp3) is 0.947. The van der Waals surface area contributed by atoms with E-state index < -0.39 is 0 Å². The zero-order chi connectivity index (χ0) is 15.1. The van der Waals surface area contributed by atoms with E-state index in [1.165, 1.54) is 70.6 Å². The monoisotopic (exact) mass is 311 g/mol. The summed E-state index contributed by atoms with van der Waals surface area (Å²) in [6.07, 6.45) is 16.9. The molecule has 1 nitrogen and oxygen atoms in total. The molecule has 0 bridgehead atoms. The average molecular weight is 312 g/mol. The van der Waals surface area contributed by atoms with Crippen molar-refractivity contribution in [1.82, 2.24) is 0 Å². The van der Waals surface area contributed by atoms with Crippen molar-refractivity contribution < 1.29 is 4.79 Å². The van der Waals surface area contributed by atoms with Gasteiger partial charge in [0.05, 0.1) is 0 Å². The van der Waals surface area contributed by atoms with E-state index in [9.17, 15) is 4.79 Å². The van der Waals surface area contributed by atoms with E-state index in [1.807, 2.05) is 0 Å². The number of hydrogen-bond donors (Lipinski definition) is 0. The first-order chi connectivity index (χ1) is 10.3. The minimum Gasteiger partial charge on any atom is -0.294 e. The normalized spacial score (nSPS) is 26.2. The third kappa shape index (κ3) is 4.74. The summed E-state index contributed by atoms with van der Waals surface area (Å²) in [5.41, 5.74) is 0. The molecule has 2 unspecified atom stereocenters. The SMILES string of the molecule is CCCC(CCC)[S+](C1CCCCC1)C1CCCCC1=O. The van der Waals surface area contributed by atoms with Gasteiger partial charge in [-0.25, -0.2) is 0 Å². The quantitative estimate of drug-likeness (QED) is 0.574. The summed E-state index contributed by atoms with van der Waals surface area (Å²) in [5.74, 6) is 0.632. The molecule has 2 fully saturated rings. The minimum absolute atomic E-state index is 0.385. The molecule has 0 aromatic heterocycles. The van der Waals surface area contributed by atoms with E-state index in [0.717, 1.165) is 23.3 Å². The molecule has 0 N–H and O–H groups in total. The molecular weight excluding hydrogens is 276 g/mol. The van der Waals surface area contributed by atoms with Gasteiger partial charge in [0.25, 0.3) is 0 Å². The van der Waals surface area contributed by atoms with Gasteiger partial charge >= 0.3 is 0 Å². The molecule has 2 rings (SSSR count). The zero-order valence-electron chi connectivity index (χ0n) is 14.2. The van der Waals surface area contributed by atoms with E-state index in [4.69, 9.17) is 0 Å². The predicted molar refractivity (Wildman–Crippen MR) is 95.1 cm³/mol. The first-order valence-corrected chi connectivity index (χ1v) is 10.9. The van der Waals surface area contributed by atoms with Gasteiger partial charge in [-0.05, 0) is 51.4 Å². The molecule has 2 heteroatoms. The Labute approximate surface area is 135 Å². The molecule has 21 heavy (non-hydrogen) atoms. The summed E-state index contributed by atoms with van der Waals surface area (Å²) in [7, 11) is 0.385. The number of carbonyl (C=O) groups excluding carboxylic acids is 1. The topological polar surface area (TPSA) is 17.1 Å². The number of rotatable bonds is 7. The lowest BCUT2D eigenvalue weighted by Gasteiger charge is -2.34. The summed E-state index contributed by atoms with van der Waals surface area (Å²) >= 11 is 0. The van der Waals surface area contributed by atoms with Crippen LogP contribution in [0.2, 0.25) is 0 Å². The lowest BCUT2D eigenvalue weighted by molar-refractivity contribution is -0.119. The van der Waals surface area contributed by atoms with Crippen LogP contribution in [0, 0.1) is 0 Å². The number of carbonyl (C=O) groups is 1. The summed E-state index contributed by atoms with van der Waals surface area (Å²) in [6, 6.07) is 0. The molecule has 0 aromatic rings. The molecule has 0 radical (unpaired) electrons. The molecule has 2 aliphatic rings. The smallest absolute Gasteiger partial charge is 0.184 e. The first-order valence-electron chi connectivity index (χ1n) is 9.51. The number of Topliss-reactive ketones (excluding diaryl/α,β-unsaturated/α-hetero) is 1. The van der Waals surface area contributed by atoms with Crippen molar-refractivity contribution in [3.05, 3.63) is 0 Å². The third-order valence-corrected chi connectivity index (χ3v) is 9.01. The van der Waals surface area contributed by atoms with Gasteiger partial charge in [-0.2, -0.15) is 0 Å². The molecule has 0 heterocycles. The second kappa shape index (κ2) is 9.22. The Hall–Kier alpha value is 0.0200. The summed E-state index contributed by atoms with van der Waals surface area (Å²) in [4.78, 5) is 12.6. The molecule has 0 aliphatic heterocycles. The van der Waals surface area contributed by atoms with Crippen molar-refractivity contribution in [3.8, 4) is 0 Å². The van der Waals surface area contributed by atoms with Crippen molar-refractivity contribution in [2.24, 2.45) is 0 Å². The number of ketones is 1. The maximum atomic E-state index is 12.6. The van der Waals surface area contributed by atoms with Crippen LogP contribution in [0.1, 0.15) is 97.3 Å². The largest absolute Gasteiger partial charge is 0.294 e. The molecule has 122 valence electrons. The minimum atomic E-state index is 0.385. The van der Waals surface area contributed by atoms with Crippen molar-refractivity contribution in [2.45, 2.75) is 113 Å². The molecule has 2 saturated carbocycles. The molecular formula is C19H35OS+. The Morgan fingerprint density at radius 1 is 0.952 bits per heavy atom. The van der Waals surface area contributed by atoms with Crippen molar-refractivity contribution in [2.75, 3.05) is 0 Å². The highest BCUT2D eigenvalue weighted by atomic mass is 32.2. The van der Waals surface area contributed by atoms with Gasteiger partial charge < -0.3 is 0 Å². The van der Waals surface area contributed by atoms with Crippen LogP contribution in [-0.2, 0) is 15.7 Å². The van der Waals surface area contributed by atoms with E-state index in [2.05, 4.69) is 13.8 Å². The Morgan fingerprint density at radius 2 is 1.57 bits per heavy atom.